The minimum atomic E-state index is -0.000872. The number of nitrogens with zero attached hydrogens (tertiary/aromatic N) is 4. The van der Waals surface area contributed by atoms with Crippen LogP contribution in [0.1, 0.15) is 44.8 Å². The van der Waals surface area contributed by atoms with E-state index in [1.54, 1.807) is 30.2 Å². The molecule has 7 nitrogen and oxygen atoms in total. The molecule has 1 amide bonds. The Morgan fingerprint density at radius 2 is 2.37 bits per heavy atom. The molecular weight excluding hydrogens is 360 g/mol. The third-order valence-electron chi connectivity index (χ3n) is 5.04. The standard InChI is InChI=1S/C19H24N6OS/c1-14-15(23-12-22-14)11-25-8-2-3-16(25)17-4-5-18(27-17)19(26)21-7-10-24-9-6-20-13-24/h4-6,9,12-13,16H,2-3,7-8,10-11H2,1H3,(H,21,26)(H,22,23). The fourth-order valence-corrected chi connectivity index (χ4v) is 4.63. The van der Waals surface area contributed by atoms with Crippen LogP contribution in [0.3, 0.4) is 0 Å². The van der Waals surface area contributed by atoms with E-state index in [4.69, 9.17) is 0 Å². The number of hydrogen-bond donors (Lipinski definition) is 2. The normalized spacial score (nSPS) is 17.4. The van der Waals surface area contributed by atoms with Gasteiger partial charge in [0.2, 0.25) is 0 Å². The summed E-state index contributed by atoms with van der Waals surface area (Å²) in [6.07, 6.45) is 9.46. The molecule has 1 fully saturated rings. The number of nitrogens with one attached hydrogen (secondary N) is 2. The van der Waals surface area contributed by atoms with E-state index in [-0.39, 0.29) is 5.91 Å². The molecule has 0 radical (unpaired) electrons. The smallest absolute Gasteiger partial charge is 0.261 e. The molecule has 1 atom stereocenters. The zero-order valence-electron chi connectivity index (χ0n) is 15.4. The molecular formula is C19H24N6OS. The number of H-pyrrole nitrogens is 1. The number of aryl methyl sites for hydroxylation is 1. The zero-order valence-corrected chi connectivity index (χ0v) is 16.2. The largest absolute Gasteiger partial charge is 0.350 e. The van der Waals surface area contributed by atoms with Crippen LogP contribution in [0.2, 0.25) is 0 Å². The van der Waals surface area contributed by atoms with Crippen LogP contribution in [-0.4, -0.2) is 43.4 Å². The van der Waals surface area contributed by atoms with E-state index in [1.807, 2.05) is 16.8 Å². The fourth-order valence-electron chi connectivity index (χ4n) is 3.54. The molecule has 1 aliphatic heterocycles. The quantitative estimate of drug-likeness (QED) is 0.656. The van der Waals surface area contributed by atoms with E-state index in [2.05, 4.69) is 38.2 Å². The summed E-state index contributed by atoms with van der Waals surface area (Å²) in [5.41, 5.74) is 2.24. The number of aromatic nitrogens is 4. The highest BCUT2D eigenvalue weighted by atomic mass is 32.1. The lowest BCUT2D eigenvalue weighted by atomic mass is 10.2. The molecule has 3 aromatic heterocycles. The van der Waals surface area contributed by atoms with Gasteiger partial charge in [0.1, 0.15) is 0 Å². The van der Waals surface area contributed by atoms with Gasteiger partial charge in [0.05, 0.1) is 23.2 Å². The Balaban J connectivity index is 1.36. The van der Waals surface area contributed by atoms with Crippen molar-refractivity contribution >= 4 is 17.2 Å². The monoisotopic (exact) mass is 384 g/mol. The Kier molecular flexibility index (Phi) is 5.35. The van der Waals surface area contributed by atoms with Gasteiger partial charge in [-0.1, -0.05) is 0 Å². The maximum absolute atomic E-state index is 12.4. The first-order valence-electron chi connectivity index (χ1n) is 9.27. The highest BCUT2D eigenvalue weighted by Gasteiger charge is 2.28. The minimum absolute atomic E-state index is 0.000872. The third-order valence-corrected chi connectivity index (χ3v) is 6.23. The number of likely N-dealkylation sites (tertiary alicyclic amines) is 1. The number of aromatic amines is 1. The molecule has 0 aliphatic carbocycles. The maximum Gasteiger partial charge on any atom is 0.261 e. The summed E-state index contributed by atoms with van der Waals surface area (Å²) in [6, 6.07) is 4.43. The van der Waals surface area contributed by atoms with Gasteiger partial charge in [-0.15, -0.1) is 11.3 Å². The predicted molar refractivity (Wildman–Crippen MR) is 105 cm³/mol. The van der Waals surface area contributed by atoms with E-state index < -0.39 is 0 Å². The Morgan fingerprint density at radius 3 is 3.15 bits per heavy atom. The number of hydrogen-bond acceptors (Lipinski definition) is 5. The summed E-state index contributed by atoms with van der Waals surface area (Å²) in [4.78, 5) is 28.5. The van der Waals surface area contributed by atoms with Gasteiger partial charge in [0.15, 0.2) is 0 Å². The van der Waals surface area contributed by atoms with Crippen LogP contribution in [0, 0.1) is 6.92 Å². The molecule has 0 spiro atoms. The Morgan fingerprint density at radius 1 is 1.44 bits per heavy atom. The van der Waals surface area contributed by atoms with Gasteiger partial charge in [-0.2, -0.15) is 0 Å². The van der Waals surface area contributed by atoms with E-state index in [0.29, 0.717) is 12.6 Å². The molecule has 8 heteroatoms. The van der Waals surface area contributed by atoms with Crippen LogP contribution in [0.4, 0.5) is 0 Å². The van der Waals surface area contributed by atoms with Crippen LogP contribution < -0.4 is 5.32 Å². The molecule has 3 aromatic rings. The second-order valence-corrected chi connectivity index (χ2v) is 7.98. The van der Waals surface area contributed by atoms with E-state index in [1.165, 1.54) is 11.3 Å². The number of rotatable bonds is 7. The Labute approximate surface area is 162 Å². The highest BCUT2D eigenvalue weighted by molar-refractivity contribution is 7.14. The Hall–Kier alpha value is -2.45. The topological polar surface area (TPSA) is 78.8 Å². The average molecular weight is 385 g/mol. The van der Waals surface area contributed by atoms with Crippen LogP contribution in [0.25, 0.3) is 0 Å². The summed E-state index contributed by atoms with van der Waals surface area (Å²) in [5, 5.41) is 2.99. The molecule has 0 saturated carbocycles. The SMILES string of the molecule is Cc1[nH]cnc1CN1CCCC1c1ccc(C(=O)NCCn2ccnc2)s1. The van der Waals surface area contributed by atoms with Crippen molar-refractivity contribution in [1.82, 2.24) is 29.7 Å². The number of thiophene rings is 1. The molecule has 1 saturated heterocycles. The molecule has 142 valence electrons. The van der Waals surface area contributed by atoms with Gasteiger partial charge in [0.25, 0.3) is 5.91 Å². The number of imidazole rings is 2. The van der Waals surface area contributed by atoms with E-state index in [0.717, 1.165) is 42.3 Å². The van der Waals surface area contributed by atoms with E-state index in [9.17, 15) is 4.79 Å². The molecule has 0 aromatic carbocycles. The zero-order chi connectivity index (χ0) is 18.6. The second-order valence-electron chi connectivity index (χ2n) is 6.86. The average Bonchev–Trinajstić information content (AvgIpc) is 3.43. The minimum Gasteiger partial charge on any atom is -0.350 e. The molecule has 4 heterocycles. The van der Waals surface area contributed by atoms with E-state index >= 15 is 0 Å². The highest BCUT2D eigenvalue weighted by Crippen LogP contribution is 2.36. The summed E-state index contributed by atoms with van der Waals surface area (Å²) in [7, 11) is 0. The van der Waals surface area contributed by atoms with Crippen molar-refractivity contribution in [2.24, 2.45) is 0 Å². The van der Waals surface area contributed by atoms with Gasteiger partial charge in [0, 0.05) is 48.6 Å². The van der Waals surface area contributed by atoms with Crippen molar-refractivity contribution in [2.45, 2.75) is 38.9 Å². The van der Waals surface area contributed by atoms with Crippen molar-refractivity contribution < 1.29 is 4.79 Å². The van der Waals surface area contributed by atoms with Gasteiger partial charge in [-0.3, -0.25) is 9.69 Å². The first kappa shape index (κ1) is 17.9. The fraction of sp³-hybridized carbons (Fsp3) is 0.421. The second kappa shape index (κ2) is 8.06. The first-order chi connectivity index (χ1) is 13.2. The summed E-state index contributed by atoms with van der Waals surface area (Å²) in [6.45, 7) is 5.30. The lowest BCUT2D eigenvalue weighted by Crippen LogP contribution is -2.26. The maximum atomic E-state index is 12.4. The molecule has 1 unspecified atom stereocenters. The van der Waals surface area contributed by atoms with Gasteiger partial charge >= 0.3 is 0 Å². The van der Waals surface area contributed by atoms with Crippen molar-refractivity contribution in [2.75, 3.05) is 13.1 Å². The van der Waals surface area contributed by atoms with Crippen molar-refractivity contribution in [3.8, 4) is 0 Å². The van der Waals surface area contributed by atoms with Crippen LogP contribution in [0.5, 0.6) is 0 Å². The van der Waals surface area contributed by atoms with Crippen molar-refractivity contribution in [3.63, 3.8) is 0 Å². The molecule has 27 heavy (non-hydrogen) atoms. The van der Waals surface area contributed by atoms with Crippen molar-refractivity contribution in [3.05, 3.63) is 58.3 Å². The number of amides is 1. The Bertz CT molecular complexity index is 884. The van der Waals surface area contributed by atoms with Gasteiger partial charge in [-0.05, 0) is 38.4 Å². The molecule has 1 aliphatic rings. The van der Waals surface area contributed by atoms with Crippen LogP contribution in [-0.2, 0) is 13.1 Å². The molecule has 0 bridgehead atoms. The van der Waals surface area contributed by atoms with Crippen LogP contribution >= 0.6 is 11.3 Å². The van der Waals surface area contributed by atoms with Gasteiger partial charge < -0.3 is 14.9 Å². The van der Waals surface area contributed by atoms with Gasteiger partial charge in [-0.25, -0.2) is 9.97 Å². The predicted octanol–water partition coefficient (Wildman–Crippen LogP) is 2.74. The van der Waals surface area contributed by atoms with Crippen molar-refractivity contribution in [1.29, 1.82) is 0 Å². The third kappa shape index (κ3) is 4.12. The lowest BCUT2D eigenvalue weighted by Gasteiger charge is -2.22. The molecule has 4 rings (SSSR count). The summed E-state index contributed by atoms with van der Waals surface area (Å²) < 4.78 is 1.95. The van der Waals surface area contributed by atoms with Crippen LogP contribution in [0.15, 0.2) is 37.2 Å². The summed E-state index contributed by atoms with van der Waals surface area (Å²) in [5.74, 6) is -0.000872. The molecule has 2 N–H and O–H groups in total. The lowest BCUT2D eigenvalue weighted by molar-refractivity contribution is 0.0956. The first-order valence-corrected chi connectivity index (χ1v) is 10.1. The number of carbonyl (C=O) groups is 1. The summed E-state index contributed by atoms with van der Waals surface area (Å²) >= 11 is 1.61. The number of carbonyl (C=O) groups excluding carboxylic acids is 1.